The highest BCUT2D eigenvalue weighted by molar-refractivity contribution is 7.98. The molecular weight excluding hydrogens is 377 g/mol. The molecule has 0 unspecified atom stereocenters. The van der Waals surface area contributed by atoms with Gasteiger partial charge in [-0.15, -0.1) is 22.0 Å². The van der Waals surface area contributed by atoms with E-state index in [-0.39, 0.29) is 5.89 Å². The maximum Gasteiger partial charge on any atom is 0.397 e. The van der Waals surface area contributed by atoms with E-state index in [1.807, 2.05) is 35.1 Å². The fourth-order valence-electron chi connectivity index (χ4n) is 2.70. The van der Waals surface area contributed by atoms with Crippen LogP contribution in [-0.2, 0) is 6.42 Å². The number of fused-ring (bicyclic) bond motifs is 1. The van der Waals surface area contributed by atoms with Gasteiger partial charge in [0.2, 0.25) is 11.8 Å². The molecule has 0 N–H and O–H groups in total. The monoisotopic (exact) mass is 390 g/mol. The SMILES string of the molecule is CSc1ccc(-n2cnc3ccc(-c4nnc(CC(F)(F)F)o4)cc32)cc1. The zero-order valence-electron chi connectivity index (χ0n) is 14.1. The van der Waals surface area contributed by atoms with Gasteiger partial charge in [0, 0.05) is 16.1 Å². The molecule has 2 aromatic carbocycles. The highest BCUT2D eigenvalue weighted by Gasteiger charge is 2.31. The van der Waals surface area contributed by atoms with Gasteiger partial charge in [0.05, 0.1) is 11.0 Å². The number of aromatic nitrogens is 4. The molecular formula is C18H13F3N4OS. The van der Waals surface area contributed by atoms with Gasteiger partial charge in [-0.1, -0.05) is 0 Å². The average Bonchev–Trinajstić information content (AvgIpc) is 3.26. The van der Waals surface area contributed by atoms with Crippen molar-refractivity contribution in [2.75, 3.05) is 6.26 Å². The van der Waals surface area contributed by atoms with Gasteiger partial charge in [-0.3, -0.25) is 4.57 Å². The number of alkyl halides is 3. The van der Waals surface area contributed by atoms with Crippen LogP contribution in [0.4, 0.5) is 13.2 Å². The predicted octanol–water partition coefficient (Wildman–Crippen LogP) is 4.90. The summed E-state index contributed by atoms with van der Waals surface area (Å²) in [5.41, 5.74) is 3.00. The third-order valence-corrected chi connectivity index (χ3v) is 4.71. The number of hydrogen-bond donors (Lipinski definition) is 0. The highest BCUT2D eigenvalue weighted by Crippen LogP contribution is 2.27. The fraction of sp³-hybridized carbons (Fsp3) is 0.167. The van der Waals surface area contributed by atoms with Gasteiger partial charge in [-0.2, -0.15) is 13.2 Å². The summed E-state index contributed by atoms with van der Waals surface area (Å²) in [6.45, 7) is 0. The minimum absolute atomic E-state index is 0.0432. The summed E-state index contributed by atoms with van der Waals surface area (Å²) >= 11 is 1.65. The zero-order chi connectivity index (χ0) is 19.0. The molecule has 0 spiro atoms. The Labute approximate surface area is 156 Å². The average molecular weight is 390 g/mol. The Morgan fingerprint density at radius 3 is 2.56 bits per heavy atom. The third-order valence-electron chi connectivity index (χ3n) is 3.96. The largest absolute Gasteiger partial charge is 0.420 e. The summed E-state index contributed by atoms with van der Waals surface area (Å²) in [6, 6.07) is 13.2. The van der Waals surface area contributed by atoms with Gasteiger partial charge in [-0.05, 0) is 48.7 Å². The lowest BCUT2D eigenvalue weighted by molar-refractivity contribution is -0.130. The molecule has 0 saturated carbocycles. The molecule has 0 aliphatic carbocycles. The van der Waals surface area contributed by atoms with E-state index in [1.54, 1.807) is 36.3 Å². The molecule has 4 aromatic rings. The maximum absolute atomic E-state index is 12.5. The van der Waals surface area contributed by atoms with E-state index in [2.05, 4.69) is 15.2 Å². The molecule has 0 fully saturated rings. The van der Waals surface area contributed by atoms with Crippen molar-refractivity contribution in [3.63, 3.8) is 0 Å². The van der Waals surface area contributed by atoms with Gasteiger partial charge >= 0.3 is 6.18 Å². The van der Waals surface area contributed by atoms with E-state index in [9.17, 15) is 13.2 Å². The number of nitrogens with zero attached hydrogens (tertiary/aromatic N) is 4. The number of halogens is 3. The summed E-state index contributed by atoms with van der Waals surface area (Å²) < 4.78 is 44.5. The zero-order valence-corrected chi connectivity index (χ0v) is 14.9. The summed E-state index contributed by atoms with van der Waals surface area (Å²) in [5.74, 6) is -0.416. The summed E-state index contributed by atoms with van der Waals surface area (Å²) in [5, 5.41) is 7.22. The van der Waals surface area contributed by atoms with E-state index < -0.39 is 18.5 Å². The maximum atomic E-state index is 12.5. The summed E-state index contributed by atoms with van der Waals surface area (Å²) in [6.07, 6.45) is -1.94. The summed E-state index contributed by atoms with van der Waals surface area (Å²) in [7, 11) is 0. The predicted molar refractivity (Wildman–Crippen MR) is 95.9 cm³/mol. The quantitative estimate of drug-likeness (QED) is 0.464. The van der Waals surface area contributed by atoms with Crippen molar-refractivity contribution in [3.05, 3.63) is 54.7 Å². The van der Waals surface area contributed by atoms with Crippen LogP contribution in [-0.4, -0.2) is 32.2 Å². The van der Waals surface area contributed by atoms with Gasteiger partial charge in [0.25, 0.3) is 0 Å². The van der Waals surface area contributed by atoms with Crippen molar-refractivity contribution in [2.24, 2.45) is 0 Å². The molecule has 0 saturated heterocycles. The first-order valence-electron chi connectivity index (χ1n) is 7.94. The lowest BCUT2D eigenvalue weighted by atomic mass is 10.2. The molecule has 2 heterocycles. The van der Waals surface area contributed by atoms with Crippen molar-refractivity contribution < 1.29 is 17.6 Å². The van der Waals surface area contributed by atoms with Crippen LogP contribution < -0.4 is 0 Å². The molecule has 0 bridgehead atoms. The standard InChI is InChI=1S/C18H13F3N4OS/c1-27-13-5-3-12(4-6-13)25-10-22-14-7-2-11(8-15(14)25)17-24-23-16(26-17)9-18(19,20)21/h2-8,10H,9H2,1H3. The molecule has 0 aliphatic rings. The second-order valence-electron chi connectivity index (χ2n) is 5.81. The Morgan fingerprint density at radius 1 is 1.07 bits per heavy atom. The molecule has 2 aromatic heterocycles. The molecule has 27 heavy (non-hydrogen) atoms. The molecule has 138 valence electrons. The normalized spacial score (nSPS) is 12.0. The van der Waals surface area contributed by atoms with E-state index in [4.69, 9.17) is 4.42 Å². The number of thioether (sulfide) groups is 1. The van der Waals surface area contributed by atoms with Crippen molar-refractivity contribution in [1.82, 2.24) is 19.7 Å². The third kappa shape index (κ3) is 3.68. The number of hydrogen-bond acceptors (Lipinski definition) is 5. The van der Waals surface area contributed by atoms with Gasteiger partial charge < -0.3 is 4.42 Å². The van der Waals surface area contributed by atoms with Crippen LogP contribution in [0, 0.1) is 0 Å². The van der Waals surface area contributed by atoms with Crippen molar-refractivity contribution in [2.45, 2.75) is 17.5 Å². The molecule has 0 amide bonds. The number of imidazole rings is 1. The first-order valence-corrected chi connectivity index (χ1v) is 9.16. The first kappa shape index (κ1) is 17.6. The Kier molecular flexibility index (Phi) is 4.39. The van der Waals surface area contributed by atoms with Crippen molar-refractivity contribution >= 4 is 22.8 Å². The lowest BCUT2D eigenvalue weighted by Gasteiger charge is -2.06. The van der Waals surface area contributed by atoms with E-state index >= 15 is 0 Å². The molecule has 4 rings (SSSR count). The number of benzene rings is 2. The van der Waals surface area contributed by atoms with Crippen molar-refractivity contribution in [3.8, 4) is 17.1 Å². The van der Waals surface area contributed by atoms with Crippen LogP contribution in [0.5, 0.6) is 0 Å². The smallest absolute Gasteiger partial charge is 0.397 e. The van der Waals surface area contributed by atoms with Gasteiger partial charge in [0.1, 0.15) is 12.7 Å². The van der Waals surface area contributed by atoms with Gasteiger partial charge in [0.15, 0.2) is 0 Å². The molecule has 0 radical (unpaired) electrons. The van der Waals surface area contributed by atoms with Crippen LogP contribution in [0.3, 0.4) is 0 Å². The van der Waals surface area contributed by atoms with Crippen LogP contribution in [0.25, 0.3) is 28.2 Å². The van der Waals surface area contributed by atoms with E-state index in [0.717, 1.165) is 21.6 Å². The Balaban J connectivity index is 1.71. The minimum atomic E-state index is -4.39. The first-order chi connectivity index (χ1) is 12.9. The fourth-order valence-corrected chi connectivity index (χ4v) is 3.11. The number of rotatable bonds is 4. The Morgan fingerprint density at radius 2 is 1.85 bits per heavy atom. The second-order valence-corrected chi connectivity index (χ2v) is 6.69. The van der Waals surface area contributed by atoms with Crippen molar-refractivity contribution in [1.29, 1.82) is 0 Å². The van der Waals surface area contributed by atoms with Crippen LogP contribution in [0.1, 0.15) is 5.89 Å². The van der Waals surface area contributed by atoms with Crippen LogP contribution in [0.2, 0.25) is 0 Å². The van der Waals surface area contributed by atoms with Crippen LogP contribution in [0.15, 0.2) is 58.1 Å². The van der Waals surface area contributed by atoms with E-state index in [1.165, 1.54) is 0 Å². The molecule has 0 atom stereocenters. The minimum Gasteiger partial charge on any atom is -0.420 e. The van der Waals surface area contributed by atoms with Gasteiger partial charge in [-0.25, -0.2) is 4.98 Å². The Bertz CT molecular complexity index is 1090. The Hall–Kier alpha value is -2.81. The molecule has 5 nitrogen and oxygen atoms in total. The van der Waals surface area contributed by atoms with E-state index in [0.29, 0.717) is 5.56 Å². The van der Waals surface area contributed by atoms with Crippen LogP contribution >= 0.6 is 11.8 Å². The molecule has 9 heteroatoms. The molecule has 0 aliphatic heterocycles. The highest BCUT2D eigenvalue weighted by atomic mass is 32.2. The lowest BCUT2D eigenvalue weighted by Crippen LogP contribution is -2.11. The summed E-state index contributed by atoms with van der Waals surface area (Å²) in [4.78, 5) is 5.51. The topological polar surface area (TPSA) is 56.7 Å². The second kappa shape index (κ2) is 6.73.